The van der Waals surface area contributed by atoms with Crippen LogP contribution in [0.25, 0.3) is 0 Å². The van der Waals surface area contributed by atoms with Gasteiger partial charge >= 0.3 is 0 Å². The van der Waals surface area contributed by atoms with Crippen LogP contribution < -0.4 is 0 Å². The SMILES string of the molecule is CCCCCCCC/C=C(/C)N1CCOCC1. The van der Waals surface area contributed by atoms with Gasteiger partial charge in [-0.15, -0.1) is 0 Å². The van der Waals surface area contributed by atoms with Crippen LogP contribution in [0, 0.1) is 0 Å². The summed E-state index contributed by atoms with van der Waals surface area (Å²) in [5.41, 5.74) is 1.45. The molecule has 0 aromatic rings. The minimum Gasteiger partial charge on any atom is -0.378 e. The Balaban J connectivity index is 2.02. The lowest BCUT2D eigenvalue weighted by molar-refractivity contribution is 0.0536. The molecule has 0 saturated carbocycles. The monoisotopic (exact) mass is 239 g/mol. The Labute approximate surface area is 107 Å². The van der Waals surface area contributed by atoms with E-state index in [0.717, 1.165) is 26.3 Å². The van der Waals surface area contributed by atoms with Crippen molar-refractivity contribution in [1.82, 2.24) is 4.90 Å². The average Bonchev–Trinajstić information content (AvgIpc) is 2.38. The van der Waals surface area contributed by atoms with Crippen molar-refractivity contribution in [3.05, 3.63) is 11.8 Å². The summed E-state index contributed by atoms with van der Waals surface area (Å²) in [7, 11) is 0. The summed E-state index contributed by atoms with van der Waals surface area (Å²) < 4.78 is 5.36. The minimum absolute atomic E-state index is 0.891. The molecule has 100 valence electrons. The summed E-state index contributed by atoms with van der Waals surface area (Å²) in [5.74, 6) is 0. The molecule has 2 nitrogen and oxygen atoms in total. The third-order valence-corrected chi connectivity index (χ3v) is 3.51. The van der Waals surface area contributed by atoms with Crippen LogP contribution in [0.15, 0.2) is 11.8 Å². The van der Waals surface area contributed by atoms with E-state index in [4.69, 9.17) is 4.74 Å². The second-order valence-corrected chi connectivity index (χ2v) is 5.00. The molecule has 0 aliphatic carbocycles. The zero-order valence-corrected chi connectivity index (χ0v) is 11.7. The van der Waals surface area contributed by atoms with Gasteiger partial charge in [0.05, 0.1) is 13.2 Å². The summed E-state index contributed by atoms with van der Waals surface area (Å²) >= 11 is 0. The van der Waals surface area contributed by atoms with Gasteiger partial charge in [-0.05, 0) is 19.8 Å². The number of hydrogen-bond acceptors (Lipinski definition) is 2. The van der Waals surface area contributed by atoms with Crippen molar-refractivity contribution >= 4 is 0 Å². The van der Waals surface area contributed by atoms with Gasteiger partial charge < -0.3 is 9.64 Å². The molecule has 0 radical (unpaired) electrons. The molecule has 1 saturated heterocycles. The Morgan fingerprint density at radius 3 is 2.41 bits per heavy atom. The van der Waals surface area contributed by atoms with Crippen molar-refractivity contribution in [3.63, 3.8) is 0 Å². The zero-order valence-electron chi connectivity index (χ0n) is 11.7. The van der Waals surface area contributed by atoms with Crippen molar-refractivity contribution in [2.45, 2.75) is 58.8 Å². The predicted octanol–water partition coefficient (Wildman–Crippen LogP) is 3.97. The van der Waals surface area contributed by atoms with Crippen molar-refractivity contribution < 1.29 is 4.74 Å². The van der Waals surface area contributed by atoms with Gasteiger partial charge in [-0.25, -0.2) is 0 Å². The highest BCUT2D eigenvalue weighted by atomic mass is 16.5. The molecule has 1 rings (SSSR count). The number of hydrogen-bond donors (Lipinski definition) is 0. The molecule has 1 fully saturated rings. The van der Waals surface area contributed by atoms with E-state index in [-0.39, 0.29) is 0 Å². The molecule has 0 N–H and O–H groups in total. The van der Waals surface area contributed by atoms with E-state index >= 15 is 0 Å². The van der Waals surface area contributed by atoms with Gasteiger partial charge in [0.25, 0.3) is 0 Å². The van der Waals surface area contributed by atoms with Crippen LogP contribution in [0.1, 0.15) is 58.8 Å². The molecule has 0 unspecified atom stereocenters. The zero-order chi connectivity index (χ0) is 12.3. The smallest absolute Gasteiger partial charge is 0.0642 e. The van der Waals surface area contributed by atoms with Gasteiger partial charge in [0.2, 0.25) is 0 Å². The topological polar surface area (TPSA) is 12.5 Å². The fraction of sp³-hybridized carbons (Fsp3) is 0.867. The Hall–Kier alpha value is -0.500. The summed E-state index contributed by atoms with van der Waals surface area (Å²) in [6.07, 6.45) is 12.0. The van der Waals surface area contributed by atoms with E-state index in [1.807, 2.05) is 0 Å². The van der Waals surface area contributed by atoms with Crippen LogP contribution >= 0.6 is 0 Å². The summed E-state index contributed by atoms with van der Waals surface area (Å²) in [6.45, 7) is 8.43. The summed E-state index contributed by atoms with van der Waals surface area (Å²) in [4.78, 5) is 2.45. The van der Waals surface area contributed by atoms with Crippen molar-refractivity contribution in [3.8, 4) is 0 Å². The highest BCUT2D eigenvalue weighted by molar-refractivity contribution is 4.98. The maximum Gasteiger partial charge on any atom is 0.0642 e. The molecule has 1 heterocycles. The lowest BCUT2D eigenvalue weighted by atomic mass is 10.1. The first-order valence-corrected chi connectivity index (χ1v) is 7.34. The Kier molecular flexibility index (Phi) is 8.16. The normalized spacial score (nSPS) is 17.5. The van der Waals surface area contributed by atoms with Crippen LogP contribution in [-0.2, 0) is 4.74 Å². The lowest BCUT2D eigenvalue weighted by Crippen LogP contribution is -2.34. The first-order chi connectivity index (χ1) is 8.34. The second kappa shape index (κ2) is 9.52. The maximum atomic E-state index is 5.36. The van der Waals surface area contributed by atoms with Gasteiger partial charge in [0.15, 0.2) is 0 Å². The average molecular weight is 239 g/mol. The number of morpholine rings is 1. The molecule has 0 aromatic heterocycles. The molecular weight excluding hydrogens is 210 g/mol. The van der Waals surface area contributed by atoms with Crippen LogP contribution in [0.2, 0.25) is 0 Å². The van der Waals surface area contributed by atoms with Crippen LogP contribution in [-0.4, -0.2) is 31.2 Å². The fourth-order valence-electron chi connectivity index (χ4n) is 2.28. The molecule has 1 aliphatic heterocycles. The van der Waals surface area contributed by atoms with Gasteiger partial charge in [0.1, 0.15) is 0 Å². The third kappa shape index (κ3) is 6.72. The van der Waals surface area contributed by atoms with Crippen LogP contribution in [0.4, 0.5) is 0 Å². The van der Waals surface area contributed by atoms with E-state index < -0.39 is 0 Å². The molecule has 0 atom stereocenters. The van der Waals surface area contributed by atoms with E-state index in [1.54, 1.807) is 0 Å². The van der Waals surface area contributed by atoms with Crippen LogP contribution in [0.5, 0.6) is 0 Å². The second-order valence-electron chi connectivity index (χ2n) is 5.00. The van der Waals surface area contributed by atoms with Crippen molar-refractivity contribution in [1.29, 1.82) is 0 Å². The third-order valence-electron chi connectivity index (χ3n) is 3.51. The van der Waals surface area contributed by atoms with Crippen molar-refractivity contribution in [2.75, 3.05) is 26.3 Å². The fourth-order valence-corrected chi connectivity index (χ4v) is 2.28. The first kappa shape index (κ1) is 14.6. The highest BCUT2D eigenvalue weighted by Crippen LogP contribution is 2.11. The highest BCUT2D eigenvalue weighted by Gasteiger charge is 2.09. The van der Waals surface area contributed by atoms with E-state index in [9.17, 15) is 0 Å². The standard InChI is InChI=1S/C15H29NO/c1-3-4-5-6-7-8-9-10-15(2)16-11-13-17-14-12-16/h10H,3-9,11-14H2,1-2H3/b15-10-. The number of nitrogens with zero attached hydrogens (tertiary/aromatic N) is 1. The number of unbranched alkanes of at least 4 members (excludes halogenated alkanes) is 6. The largest absolute Gasteiger partial charge is 0.378 e. The Morgan fingerprint density at radius 2 is 1.71 bits per heavy atom. The first-order valence-electron chi connectivity index (χ1n) is 7.34. The lowest BCUT2D eigenvalue weighted by Gasteiger charge is -2.29. The van der Waals surface area contributed by atoms with Crippen molar-refractivity contribution in [2.24, 2.45) is 0 Å². The van der Waals surface area contributed by atoms with E-state index in [2.05, 4.69) is 24.8 Å². The molecule has 0 amide bonds. The maximum absolute atomic E-state index is 5.36. The van der Waals surface area contributed by atoms with Gasteiger partial charge in [-0.1, -0.05) is 45.1 Å². The predicted molar refractivity (Wildman–Crippen MR) is 74.1 cm³/mol. The number of allylic oxidation sites excluding steroid dienone is 2. The molecule has 0 aromatic carbocycles. The summed E-state index contributed by atoms with van der Waals surface area (Å²) in [6, 6.07) is 0. The molecule has 17 heavy (non-hydrogen) atoms. The van der Waals surface area contributed by atoms with Crippen LogP contribution in [0.3, 0.4) is 0 Å². The Bertz CT molecular complexity index is 207. The quantitative estimate of drug-likeness (QED) is 0.594. The molecule has 1 aliphatic rings. The van der Waals surface area contributed by atoms with Gasteiger partial charge in [0, 0.05) is 18.8 Å². The van der Waals surface area contributed by atoms with Gasteiger partial charge in [-0.2, -0.15) is 0 Å². The molecule has 0 spiro atoms. The van der Waals surface area contributed by atoms with E-state index in [0.29, 0.717) is 0 Å². The number of ether oxygens (including phenoxy) is 1. The molecular formula is C15H29NO. The summed E-state index contributed by atoms with van der Waals surface area (Å²) in [5, 5.41) is 0. The molecule has 0 bridgehead atoms. The Morgan fingerprint density at radius 1 is 1.06 bits per heavy atom. The van der Waals surface area contributed by atoms with Gasteiger partial charge in [-0.3, -0.25) is 0 Å². The minimum atomic E-state index is 0.891. The number of rotatable bonds is 8. The van der Waals surface area contributed by atoms with E-state index in [1.165, 1.54) is 50.6 Å². The molecule has 2 heteroatoms.